The molecule has 1 atom stereocenters. The highest BCUT2D eigenvalue weighted by Gasteiger charge is 2.08. The quantitative estimate of drug-likeness (QED) is 0.731. The second kappa shape index (κ2) is 9.78. The number of anilines is 1. The van der Waals surface area contributed by atoms with Crippen LogP contribution in [0.15, 0.2) is 24.3 Å². The Bertz CT molecular complexity index is 487. The van der Waals surface area contributed by atoms with Crippen molar-refractivity contribution in [3.8, 4) is 5.75 Å². The number of hydrogen-bond donors (Lipinski definition) is 2. The molecule has 0 fully saturated rings. The topological polar surface area (TPSA) is 76.7 Å². The zero-order chi connectivity index (χ0) is 16.4. The molecular weight excluding hydrogens is 284 g/mol. The Balaban J connectivity index is 2.42. The van der Waals surface area contributed by atoms with E-state index in [9.17, 15) is 9.59 Å². The molecular formula is C16H24N2O4. The molecule has 0 aliphatic carbocycles. The molecule has 0 aliphatic heterocycles. The molecule has 2 N–H and O–H groups in total. The highest BCUT2D eigenvalue weighted by Crippen LogP contribution is 2.17. The van der Waals surface area contributed by atoms with Gasteiger partial charge in [-0.3, -0.25) is 9.59 Å². The van der Waals surface area contributed by atoms with Gasteiger partial charge in [0.25, 0.3) is 5.91 Å². The SMILES string of the molecule is CCC(=O)Nc1cccc(OCC(=O)NC[C@@H](CC)OC)c1. The summed E-state index contributed by atoms with van der Waals surface area (Å²) in [6.45, 7) is 4.16. The molecule has 0 heterocycles. The van der Waals surface area contributed by atoms with E-state index in [1.54, 1.807) is 38.3 Å². The molecule has 2 amide bonds. The maximum absolute atomic E-state index is 11.7. The van der Waals surface area contributed by atoms with Gasteiger partial charge in [0.15, 0.2) is 6.61 Å². The number of amides is 2. The Morgan fingerprint density at radius 1 is 1.23 bits per heavy atom. The summed E-state index contributed by atoms with van der Waals surface area (Å²) in [4.78, 5) is 23.0. The molecule has 0 aliphatic rings. The van der Waals surface area contributed by atoms with E-state index in [4.69, 9.17) is 9.47 Å². The van der Waals surface area contributed by atoms with Gasteiger partial charge in [0, 0.05) is 31.8 Å². The van der Waals surface area contributed by atoms with Crippen molar-refractivity contribution in [1.29, 1.82) is 0 Å². The Morgan fingerprint density at radius 3 is 2.64 bits per heavy atom. The maximum atomic E-state index is 11.7. The van der Waals surface area contributed by atoms with E-state index in [-0.39, 0.29) is 24.5 Å². The van der Waals surface area contributed by atoms with Crippen LogP contribution in [-0.4, -0.2) is 38.2 Å². The zero-order valence-electron chi connectivity index (χ0n) is 13.3. The number of hydrogen-bond acceptors (Lipinski definition) is 4. The Hall–Kier alpha value is -2.08. The lowest BCUT2D eigenvalue weighted by Crippen LogP contribution is -2.35. The van der Waals surface area contributed by atoms with Crippen LogP contribution >= 0.6 is 0 Å². The molecule has 1 rings (SSSR count). The zero-order valence-corrected chi connectivity index (χ0v) is 13.3. The normalized spacial score (nSPS) is 11.6. The Labute approximate surface area is 131 Å². The number of carbonyl (C=O) groups is 2. The first-order valence-electron chi connectivity index (χ1n) is 7.41. The molecule has 0 unspecified atom stereocenters. The summed E-state index contributed by atoms with van der Waals surface area (Å²) < 4.78 is 10.6. The van der Waals surface area contributed by atoms with Crippen LogP contribution < -0.4 is 15.4 Å². The molecule has 6 nitrogen and oxygen atoms in total. The van der Waals surface area contributed by atoms with E-state index < -0.39 is 0 Å². The molecule has 6 heteroatoms. The largest absolute Gasteiger partial charge is 0.484 e. The van der Waals surface area contributed by atoms with Gasteiger partial charge < -0.3 is 20.1 Å². The fraction of sp³-hybridized carbons (Fsp3) is 0.500. The molecule has 1 aromatic carbocycles. The predicted molar refractivity (Wildman–Crippen MR) is 85.0 cm³/mol. The summed E-state index contributed by atoms with van der Waals surface area (Å²) in [6, 6.07) is 6.95. The van der Waals surface area contributed by atoms with E-state index in [2.05, 4.69) is 10.6 Å². The van der Waals surface area contributed by atoms with Crippen LogP contribution in [0.25, 0.3) is 0 Å². The van der Waals surface area contributed by atoms with Crippen LogP contribution in [0.3, 0.4) is 0 Å². The maximum Gasteiger partial charge on any atom is 0.258 e. The van der Waals surface area contributed by atoms with Gasteiger partial charge in [-0.05, 0) is 18.6 Å². The fourth-order valence-electron chi connectivity index (χ4n) is 1.73. The van der Waals surface area contributed by atoms with E-state index in [0.29, 0.717) is 24.4 Å². The van der Waals surface area contributed by atoms with Gasteiger partial charge in [-0.25, -0.2) is 0 Å². The lowest BCUT2D eigenvalue weighted by molar-refractivity contribution is -0.123. The second-order valence-corrected chi connectivity index (χ2v) is 4.79. The minimum Gasteiger partial charge on any atom is -0.484 e. The van der Waals surface area contributed by atoms with Gasteiger partial charge in [0.1, 0.15) is 5.75 Å². The van der Waals surface area contributed by atoms with Crippen molar-refractivity contribution in [2.24, 2.45) is 0 Å². The molecule has 0 bridgehead atoms. The van der Waals surface area contributed by atoms with Crippen LogP contribution in [-0.2, 0) is 14.3 Å². The average Bonchev–Trinajstić information content (AvgIpc) is 2.54. The minimum absolute atomic E-state index is 0.0107. The third-order valence-electron chi connectivity index (χ3n) is 3.12. The van der Waals surface area contributed by atoms with Crippen LogP contribution in [0.2, 0.25) is 0 Å². The lowest BCUT2D eigenvalue weighted by Gasteiger charge is -2.14. The van der Waals surface area contributed by atoms with E-state index in [1.165, 1.54) is 0 Å². The predicted octanol–water partition coefficient (Wildman–Crippen LogP) is 1.96. The van der Waals surface area contributed by atoms with Gasteiger partial charge in [-0.15, -0.1) is 0 Å². The van der Waals surface area contributed by atoms with E-state index >= 15 is 0 Å². The van der Waals surface area contributed by atoms with Crippen LogP contribution in [0.5, 0.6) is 5.75 Å². The van der Waals surface area contributed by atoms with Gasteiger partial charge in [-0.2, -0.15) is 0 Å². The highest BCUT2D eigenvalue weighted by molar-refractivity contribution is 5.90. The molecule has 0 saturated heterocycles. The van der Waals surface area contributed by atoms with Gasteiger partial charge in [-0.1, -0.05) is 19.9 Å². The van der Waals surface area contributed by atoms with E-state index in [0.717, 1.165) is 6.42 Å². The summed E-state index contributed by atoms with van der Waals surface area (Å²) in [5.41, 5.74) is 0.648. The monoisotopic (exact) mass is 308 g/mol. The first-order valence-corrected chi connectivity index (χ1v) is 7.41. The first kappa shape index (κ1) is 18.0. The first-order chi connectivity index (χ1) is 10.6. The number of rotatable bonds is 9. The minimum atomic E-state index is -0.210. The summed E-state index contributed by atoms with van der Waals surface area (Å²) in [7, 11) is 1.62. The smallest absolute Gasteiger partial charge is 0.258 e. The molecule has 0 spiro atoms. The van der Waals surface area contributed by atoms with Crippen molar-refractivity contribution in [2.75, 3.05) is 25.6 Å². The third-order valence-corrected chi connectivity index (χ3v) is 3.12. The van der Waals surface area contributed by atoms with Gasteiger partial charge in [0.2, 0.25) is 5.91 Å². The van der Waals surface area contributed by atoms with Gasteiger partial charge >= 0.3 is 0 Å². The fourth-order valence-corrected chi connectivity index (χ4v) is 1.73. The van der Waals surface area contributed by atoms with Crippen molar-refractivity contribution >= 4 is 17.5 Å². The summed E-state index contributed by atoms with van der Waals surface area (Å²) in [5.74, 6) is 0.251. The van der Waals surface area contributed by atoms with Crippen LogP contribution in [0, 0.1) is 0 Å². The number of methoxy groups -OCH3 is 1. The summed E-state index contributed by atoms with van der Waals surface area (Å²) in [6.07, 6.45) is 1.25. The van der Waals surface area contributed by atoms with Crippen LogP contribution in [0.1, 0.15) is 26.7 Å². The van der Waals surface area contributed by atoms with Crippen molar-refractivity contribution < 1.29 is 19.1 Å². The van der Waals surface area contributed by atoms with Crippen molar-refractivity contribution in [2.45, 2.75) is 32.8 Å². The Kier molecular flexibility index (Phi) is 7.99. The number of ether oxygens (including phenoxy) is 2. The Morgan fingerprint density at radius 2 is 2.00 bits per heavy atom. The van der Waals surface area contributed by atoms with E-state index in [1.807, 2.05) is 6.92 Å². The molecule has 0 saturated carbocycles. The standard InChI is InChI=1S/C16H24N2O4/c1-4-13(21-3)10-17-16(20)11-22-14-8-6-7-12(9-14)18-15(19)5-2/h6-9,13H,4-5,10-11H2,1-3H3,(H,17,20)(H,18,19)/t13-/m1/s1. The molecule has 122 valence electrons. The molecule has 0 radical (unpaired) electrons. The lowest BCUT2D eigenvalue weighted by atomic mass is 10.3. The summed E-state index contributed by atoms with van der Waals surface area (Å²) >= 11 is 0. The molecule has 22 heavy (non-hydrogen) atoms. The van der Waals surface area contributed by atoms with Gasteiger partial charge in [0.05, 0.1) is 6.10 Å². The van der Waals surface area contributed by atoms with Crippen molar-refractivity contribution in [3.63, 3.8) is 0 Å². The summed E-state index contributed by atoms with van der Waals surface area (Å²) in [5, 5.41) is 5.49. The highest BCUT2D eigenvalue weighted by atomic mass is 16.5. The molecule has 1 aromatic rings. The van der Waals surface area contributed by atoms with Crippen molar-refractivity contribution in [3.05, 3.63) is 24.3 Å². The van der Waals surface area contributed by atoms with Crippen molar-refractivity contribution in [1.82, 2.24) is 5.32 Å². The second-order valence-electron chi connectivity index (χ2n) is 4.79. The number of carbonyl (C=O) groups excluding carboxylic acids is 2. The average molecular weight is 308 g/mol. The number of nitrogens with one attached hydrogen (secondary N) is 2. The van der Waals surface area contributed by atoms with Crippen LogP contribution in [0.4, 0.5) is 5.69 Å². The third kappa shape index (κ3) is 6.58. The molecule has 0 aromatic heterocycles. The number of benzene rings is 1.